The van der Waals surface area contributed by atoms with Crippen molar-refractivity contribution >= 4 is 17.6 Å². The van der Waals surface area contributed by atoms with Gasteiger partial charge in [0, 0.05) is 12.1 Å². The van der Waals surface area contributed by atoms with E-state index in [-0.39, 0.29) is 35.3 Å². The van der Waals surface area contributed by atoms with Crippen LogP contribution in [0.5, 0.6) is 0 Å². The highest BCUT2D eigenvalue weighted by Crippen LogP contribution is 2.38. The number of nitrogens with zero attached hydrogens (tertiary/aromatic N) is 2. The summed E-state index contributed by atoms with van der Waals surface area (Å²) in [5.41, 5.74) is 0.527. The van der Waals surface area contributed by atoms with E-state index in [0.717, 1.165) is 51.6 Å². The van der Waals surface area contributed by atoms with Gasteiger partial charge in [-0.05, 0) is 69.0 Å². The summed E-state index contributed by atoms with van der Waals surface area (Å²) in [5, 5.41) is 0. The Morgan fingerprint density at radius 3 is 2.07 bits per heavy atom. The van der Waals surface area contributed by atoms with Crippen LogP contribution in [-0.4, -0.2) is 53.6 Å². The van der Waals surface area contributed by atoms with Crippen LogP contribution in [0.1, 0.15) is 48.9 Å². The van der Waals surface area contributed by atoms with Crippen LogP contribution in [0.25, 0.3) is 0 Å². The quantitative estimate of drug-likeness (QED) is 0.577. The molecule has 0 unspecified atom stereocenters. The number of fused-ring (bicyclic) bond motifs is 1. The molecule has 6 heteroatoms. The Kier molecular flexibility index (Phi) is 5.58. The van der Waals surface area contributed by atoms with E-state index in [1.165, 1.54) is 29.2 Å². The molecule has 1 aromatic carbocycles. The highest BCUT2D eigenvalue weighted by atomic mass is 19.1. The van der Waals surface area contributed by atoms with Gasteiger partial charge in [0.05, 0.1) is 18.4 Å². The molecule has 2 heterocycles. The van der Waals surface area contributed by atoms with Gasteiger partial charge in [-0.15, -0.1) is 0 Å². The van der Waals surface area contributed by atoms with E-state index < -0.39 is 0 Å². The summed E-state index contributed by atoms with van der Waals surface area (Å²) in [7, 11) is 0. The molecule has 2 amide bonds. The second-order valence-corrected chi connectivity index (χ2v) is 8.43. The third-order valence-electron chi connectivity index (χ3n) is 6.61. The fraction of sp³-hybridized carbons (Fsp3) is 0.591. The number of Topliss-reactive ketones (excluding diaryl/α,β-unsaturated/α-hetero) is 1. The van der Waals surface area contributed by atoms with Crippen LogP contribution in [0.2, 0.25) is 0 Å². The first-order chi connectivity index (χ1) is 13.5. The molecule has 4 rings (SSSR count). The third-order valence-corrected chi connectivity index (χ3v) is 6.61. The molecular weight excluding hydrogens is 359 g/mol. The number of hydrogen-bond acceptors (Lipinski definition) is 4. The summed E-state index contributed by atoms with van der Waals surface area (Å²) in [6, 6.07) is 5.66. The minimum atomic E-state index is -0.344. The van der Waals surface area contributed by atoms with Crippen LogP contribution >= 0.6 is 0 Å². The number of likely N-dealkylation sites (tertiary alicyclic amines) is 2. The van der Waals surface area contributed by atoms with Crippen LogP contribution in [0.3, 0.4) is 0 Å². The van der Waals surface area contributed by atoms with E-state index in [4.69, 9.17) is 0 Å². The smallest absolute Gasteiger partial charge is 0.233 e. The van der Waals surface area contributed by atoms with Crippen molar-refractivity contribution in [1.82, 2.24) is 9.80 Å². The Balaban J connectivity index is 1.27. The van der Waals surface area contributed by atoms with Gasteiger partial charge in [0.25, 0.3) is 0 Å². The Morgan fingerprint density at radius 2 is 1.50 bits per heavy atom. The molecule has 2 saturated heterocycles. The van der Waals surface area contributed by atoms with Gasteiger partial charge in [0.15, 0.2) is 5.78 Å². The van der Waals surface area contributed by atoms with Crippen molar-refractivity contribution in [3.05, 3.63) is 35.6 Å². The van der Waals surface area contributed by atoms with Crippen molar-refractivity contribution in [2.45, 2.75) is 38.5 Å². The molecule has 1 aliphatic carbocycles. The second kappa shape index (κ2) is 8.11. The van der Waals surface area contributed by atoms with Crippen molar-refractivity contribution in [3.8, 4) is 0 Å². The Hall–Kier alpha value is -2.08. The standard InChI is InChI=1S/C22H27FN2O3/c23-17-7-5-16(6-8-17)20(26)14-24-11-9-15(10-12-24)13-25-21(27)18-3-1-2-4-19(18)22(25)28/h5-8,15,18-19H,1-4,9-14H2/t18-,19+. The number of carbonyl (C=O) groups excluding carboxylic acids is 3. The lowest BCUT2D eigenvalue weighted by Crippen LogP contribution is -2.42. The van der Waals surface area contributed by atoms with Gasteiger partial charge < -0.3 is 0 Å². The molecule has 3 fully saturated rings. The highest BCUT2D eigenvalue weighted by Gasteiger charge is 2.48. The highest BCUT2D eigenvalue weighted by molar-refractivity contribution is 6.05. The normalized spacial score (nSPS) is 26.5. The van der Waals surface area contributed by atoms with E-state index in [9.17, 15) is 18.8 Å². The summed E-state index contributed by atoms with van der Waals surface area (Å²) in [4.78, 5) is 41.3. The van der Waals surface area contributed by atoms with Crippen molar-refractivity contribution in [3.63, 3.8) is 0 Å². The molecule has 0 bridgehead atoms. The largest absolute Gasteiger partial charge is 0.296 e. The van der Waals surface area contributed by atoms with Crippen LogP contribution in [-0.2, 0) is 9.59 Å². The van der Waals surface area contributed by atoms with Gasteiger partial charge in [-0.2, -0.15) is 0 Å². The average Bonchev–Trinajstić information content (AvgIpc) is 2.95. The molecule has 0 radical (unpaired) electrons. The molecule has 28 heavy (non-hydrogen) atoms. The fourth-order valence-corrected chi connectivity index (χ4v) is 4.93. The maximum absolute atomic E-state index is 13.0. The van der Waals surface area contributed by atoms with Gasteiger partial charge in [-0.3, -0.25) is 24.2 Å². The van der Waals surface area contributed by atoms with Crippen LogP contribution in [0.15, 0.2) is 24.3 Å². The molecule has 0 spiro atoms. The lowest BCUT2D eigenvalue weighted by atomic mass is 9.81. The number of benzene rings is 1. The minimum Gasteiger partial charge on any atom is -0.296 e. The minimum absolute atomic E-state index is 0.00702. The predicted molar refractivity (Wildman–Crippen MR) is 102 cm³/mol. The molecule has 2 atom stereocenters. The van der Waals surface area contributed by atoms with Crippen LogP contribution in [0.4, 0.5) is 4.39 Å². The number of piperidine rings is 1. The first kappa shape index (κ1) is 19.2. The molecule has 0 aromatic heterocycles. The van der Waals surface area contributed by atoms with E-state index in [1.807, 2.05) is 0 Å². The van der Waals surface area contributed by atoms with Crippen LogP contribution < -0.4 is 0 Å². The van der Waals surface area contributed by atoms with E-state index in [1.54, 1.807) is 0 Å². The second-order valence-electron chi connectivity index (χ2n) is 8.43. The Bertz CT molecular complexity index is 732. The number of carbonyl (C=O) groups is 3. The van der Waals surface area contributed by atoms with Crippen molar-refractivity contribution in [1.29, 1.82) is 0 Å². The van der Waals surface area contributed by atoms with E-state index >= 15 is 0 Å². The number of hydrogen-bond donors (Lipinski definition) is 0. The third kappa shape index (κ3) is 3.88. The first-order valence-corrected chi connectivity index (χ1v) is 10.4. The van der Waals surface area contributed by atoms with Crippen molar-refractivity contribution in [2.24, 2.45) is 17.8 Å². The molecule has 3 aliphatic rings. The number of ketones is 1. The maximum atomic E-state index is 13.0. The molecular formula is C22H27FN2O3. The van der Waals surface area contributed by atoms with Gasteiger partial charge in [-0.25, -0.2) is 4.39 Å². The maximum Gasteiger partial charge on any atom is 0.233 e. The predicted octanol–water partition coefficient (Wildman–Crippen LogP) is 2.90. The zero-order chi connectivity index (χ0) is 19.7. The SMILES string of the molecule is O=C(CN1CCC(CN2C(=O)[C@H]3CCCC[C@H]3C2=O)CC1)c1ccc(F)cc1. The molecule has 2 aliphatic heterocycles. The molecule has 5 nitrogen and oxygen atoms in total. The zero-order valence-corrected chi connectivity index (χ0v) is 16.1. The topological polar surface area (TPSA) is 57.7 Å². The van der Waals surface area contributed by atoms with Gasteiger partial charge >= 0.3 is 0 Å². The lowest BCUT2D eigenvalue weighted by molar-refractivity contribution is -0.140. The van der Waals surface area contributed by atoms with Crippen molar-refractivity contribution in [2.75, 3.05) is 26.2 Å². The summed E-state index contributed by atoms with van der Waals surface area (Å²) >= 11 is 0. The average molecular weight is 386 g/mol. The molecule has 1 aromatic rings. The zero-order valence-electron chi connectivity index (χ0n) is 16.1. The lowest BCUT2D eigenvalue weighted by Gasteiger charge is -2.33. The monoisotopic (exact) mass is 386 g/mol. The Morgan fingerprint density at radius 1 is 0.929 bits per heavy atom. The first-order valence-electron chi connectivity index (χ1n) is 10.4. The number of halogens is 1. The number of imide groups is 1. The summed E-state index contributed by atoms with van der Waals surface area (Å²) in [6.45, 7) is 2.41. The summed E-state index contributed by atoms with van der Waals surface area (Å²) in [6.07, 6.45) is 5.57. The van der Waals surface area contributed by atoms with Crippen molar-refractivity contribution < 1.29 is 18.8 Å². The summed E-state index contributed by atoms with van der Waals surface area (Å²) in [5.74, 6) is -0.0996. The Labute approximate surface area is 164 Å². The van der Waals surface area contributed by atoms with Crippen LogP contribution in [0, 0.1) is 23.6 Å². The number of amides is 2. The van der Waals surface area contributed by atoms with Gasteiger partial charge in [0.2, 0.25) is 11.8 Å². The number of rotatable bonds is 5. The van der Waals surface area contributed by atoms with Gasteiger partial charge in [-0.1, -0.05) is 12.8 Å². The van der Waals surface area contributed by atoms with Gasteiger partial charge in [0.1, 0.15) is 5.82 Å². The molecule has 150 valence electrons. The fourth-order valence-electron chi connectivity index (χ4n) is 4.93. The molecule has 0 N–H and O–H groups in total. The van der Waals surface area contributed by atoms with E-state index in [2.05, 4.69) is 4.90 Å². The van der Waals surface area contributed by atoms with E-state index in [0.29, 0.717) is 24.6 Å². The summed E-state index contributed by atoms with van der Waals surface area (Å²) < 4.78 is 13.0. The molecule has 1 saturated carbocycles.